The number of hydrogen-bond donors (Lipinski definition) is 1. The molecule has 0 aromatic carbocycles. The monoisotopic (exact) mass is 442 g/mol. The van der Waals surface area contributed by atoms with E-state index in [2.05, 4.69) is 25.0 Å². The van der Waals surface area contributed by atoms with Crippen molar-refractivity contribution in [3.63, 3.8) is 0 Å². The van der Waals surface area contributed by atoms with E-state index in [0.29, 0.717) is 12.6 Å². The predicted octanol–water partition coefficient (Wildman–Crippen LogP) is 3.05. The number of piperazine rings is 1. The Bertz CT molecular complexity index is 981. The Morgan fingerprint density at radius 1 is 1.25 bits per heavy atom. The maximum absolute atomic E-state index is 14.0. The number of rotatable bonds is 4. The van der Waals surface area contributed by atoms with Crippen molar-refractivity contribution in [1.82, 2.24) is 25.0 Å². The van der Waals surface area contributed by atoms with Crippen LogP contribution < -0.4 is 4.90 Å². The van der Waals surface area contributed by atoms with Gasteiger partial charge in [-0.2, -0.15) is 5.10 Å². The SMILES string of the molecule is CCOC(=O)N1CC2(CC[C@@H](N3CCN(c4ncc(F)cc4-c4cn[nH]c4C)CC3)C2)C1. The van der Waals surface area contributed by atoms with Gasteiger partial charge in [-0.05, 0) is 39.2 Å². The van der Waals surface area contributed by atoms with Crippen LogP contribution in [0.2, 0.25) is 0 Å². The summed E-state index contributed by atoms with van der Waals surface area (Å²) in [5.41, 5.74) is 2.87. The summed E-state index contributed by atoms with van der Waals surface area (Å²) in [4.78, 5) is 23.1. The zero-order chi connectivity index (χ0) is 22.3. The molecule has 2 aromatic rings. The van der Waals surface area contributed by atoms with Gasteiger partial charge in [0.1, 0.15) is 11.6 Å². The fraction of sp³-hybridized carbons (Fsp3) is 0.609. The van der Waals surface area contributed by atoms with Gasteiger partial charge >= 0.3 is 6.09 Å². The molecule has 4 heterocycles. The number of aromatic amines is 1. The molecule has 1 aliphatic carbocycles. The highest BCUT2D eigenvalue weighted by Crippen LogP contribution is 2.47. The van der Waals surface area contributed by atoms with Gasteiger partial charge in [-0.3, -0.25) is 10.00 Å². The minimum absolute atomic E-state index is 0.175. The topological polar surface area (TPSA) is 77.6 Å². The lowest BCUT2D eigenvalue weighted by molar-refractivity contribution is -0.00294. The summed E-state index contributed by atoms with van der Waals surface area (Å²) >= 11 is 0. The van der Waals surface area contributed by atoms with Gasteiger partial charge in [-0.1, -0.05) is 0 Å². The summed E-state index contributed by atoms with van der Waals surface area (Å²) in [7, 11) is 0. The number of aromatic nitrogens is 3. The third-order valence-electron chi connectivity index (χ3n) is 7.34. The zero-order valence-electron chi connectivity index (χ0n) is 18.8. The molecular weight excluding hydrogens is 411 g/mol. The number of aryl methyl sites for hydroxylation is 1. The fourth-order valence-corrected chi connectivity index (χ4v) is 5.69. The summed E-state index contributed by atoms with van der Waals surface area (Å²) in [5.74, 6) is 0.485. The molecule has 1 amide bonds. The summed E-state index contributed by atoms with van der Waals surface area (Å²) in [6.45, 7) is 9.52. The van der Waals surface area contributed by atoms with E-state index in [0.717, 1.165) is 68.3 Å². The Hall–Kier alpha value is -2.68. The van der Waals surface area contributed by atoms with Gasteiger partial charge in [0.05, 0.1) is 19.0 Å². The summed E-state index contributed by atoms with van der Waals surface area (Å²) in [5, 5.41) is 7.03. The molecule has 1 N–H and O–H groups in total. The van der Waals surface area contributed by atoms with Crippen LogP contribution >= 0.6 is 0 Å². The number of nitrogens with one attached hydrogen (secondary N) is 1. The van der Waals surface area contributed by atoms with Crippen molar-refractivity contribution in [2.45, 2.75) is 39.2 Å². The van der Waals surface area contributed by atoms with E-state index < -0.39 is 0 Å². The number of pyridine rings is 1. The number of anilines is 1. The molecule has 3 aliphatic rings. The molecule has 172 valence electrons. The first-order valence-corrected chi connectivity index (χ1v) is 11.5. The smallest absolute Gasteiger partial charge is 0.409 e. The average molecular weight is 443 g/mol. The van der Waals surface area contributed by atoms with E-state index >= 15 is 0 Å². The number of likely N-dealkylation sites (tertiary alicyclic amines) is 1. The molecule has 0 radical (unpaired) electrons. The van der Waals surface area contributed by atoms with Crippen molar-refractivity contribution in [2.75, 3.05) is 50.8 Å². The number of carbonyl (C=O) groups is 1. The molecule has 2 aromatic heterocycles. The number of amides is 1. The molecule has 8 nitrogen and oxygen atoms in total. The molecule has 0 unspecified atom stereocenters. The first-order valence-electron chi connectivity index (χ1n) is 11.5. The summed E-state index contributed by atoms with van der Waals surface area (Å²) < 4.78 is 19.1. The average Bonchev–Trinajstić information content (AvgIpc) is 3.40. The van der Waals surface area contributed by atoms with Gasteiger partial charge in [-0.25, -0.2) is 14.2 Å². The van der Waals surface area contributed by atoms with Gasteiger partial charge in [0.25, 0.3) is 0 Å². The quantitative estimate of drug-likeness (QED) is 0.784. The second kappa shape index (κ2) is 8.35. The lowest BCUT2D eigenvalue weighted by Gasteiger charge is -2.48. The minimum atomic E-state index is -0.336. The summed E-state index contributed by atoms with van der Waals surface area (Å²) in [6, 6.07) is 2.12. The number of halogens is 1. The molecule has 2 saturated heterocycles. The largest absolute Gasteiger partial charge is 0.450 e. The number of ether oxygens (including phenoxy) is 1. The maximum Gasteiger partial charge on any atom is 0.409 e. The lowest BCUT2D eigenvalue weighted by atomic mass is 9.78. The second-order valence-corrected chi connectivity index (χ2v) is 9.41. The van der Waals surface area contributed by atoms with E-state index in [1.165, 1.54) is 19.0 Å². The van der Waals surface area contributed by atoms with Crippen molar-refractivity contribution < 1.29 is 13.9 Å². The Labute approximate surface area is 187 Å². The molecule has 9 heteroatoms. The van der Waals surface area contributed by atoms with Crippen LogP contribution in [0.15, 0.2) is 18.5 Å². The lowest BCUT2D eigenvalue weighted by Crippen LogP contribution is -2.58. The van der Waals surface area contributed by atoms with Crippen molar-refractivity contribution >= 4 is 11.9 Å². The number of hydrogen-bond acceptors (Lipinski definition) is 6. The maximum atomic E-state index is 14.0. The van der Waals surface area contributed by atoms with E-state index in [-0.39, 0.29) is 17.3 Å². The van der Waals surface area contributed by atoms with Crippen LogP contribution in [0.3, 0.4) is 0 Å². The van der Waals surface area contributed by atoms with Crippen LogP contribution in [0.1, 0.15) is 31.9 Å². The highest BCUT2D eigenvalue weighted by molar-refractivity contribution is 5.77. The van der Waals surface area contributed by atoms with Crippen LogP contribution in [0, 0.1) is 18.2 Å². The third kappa shape index (κ3) is 3.83. The first-order chi connectivity index (χ1) is 15.5. The highest BCUT2D eigenvalue weighted by atomic mass is 19.1. The number of nitrogens with zero attached hydrogens (tertiary/aromatic N) is 5. The first kappa shape index (κ1) is 21.2. The van der Waals surface area contributed by atoms with Crippen molar-refractivity contribution in [2.24, 2.45) is 5.41 Å². The van der Waals surface area contributed by atoms with Gasteiger partial charge in [0, 0.05) is 67.5 Å². The van der Waals surface area contributed by atoms with Gasteiger partial charge in [-0.15, -0.1) is 0 Å². The zero-order valence-corrected chi connectivity index (χ0v) is 18.8. The molecule has 1 spiro atoms. The number of carbonyl (C=O) groups excluding carboxylic acids is 1. The van der Waals surface area contributed by atoms with E-state index in [1.54, 1.807) is 12.3 Å². The van der Waals surface area contributed by atoms with Crippen molar-refractivity contribution in [1.29, 1.82) is 0 Å². The molecule has 0 bridgehead atoms. The van der Waals surface area contributed by atoms with Crippen LogP contribution in [-0.2, 0) is 4.74 Å². The summed E-state index contributed by atoms with van der Waals surface area (Å²) in [6.07, 6.45) is 6.37. The molecular formula is C23H31FN6O2. The molecule has 3 fully saturated rings. The fourth-order valence-electron chi connectivity index (χ4n) is 5.69. The Morgan fingerprint density at radius 2 is 2.03 bits per heavy atom. The standard InChI is InChI=1S/C23H31FN6O2/c1-3-32-22(31)30-14-23(15-30)5-4-18(11-23)28-6-8-29(9-7-28)21-19(10-17(24)12-25-21)20-13-26-27-16(20)2/h10,12-13,18H,3-9,11,14-15H2,1-2H3,(H,26,27)/t18-/m1/s1. The third-order valence-corrected chi connectivity index (χ3v) is 7.34. The van der Waals surface area contributed by atoms with Crippen LogP contribution in [0.4, 0.5) is 15.0 Å². The van der Waals surface area contributed by atoms with E-state index in [4.69, 9.17) is 4.74 Å². The van der Waals surface area contributed by atoms with E-state index in [1.807, 2.05) is 18.7 Å². The van der Waals surface area contributed by atoms with Gasteiger partial charge in [0.2, 0.25) is 0 Å². The van der Waals surface area contributed by atoms with E-state index in [9.17, 15) is 9.18 Å². The molecule has 5 rings (SSSR count). The van der Waals surface area contributed by atoms with Crippen LogP contribution in [0.25, 0.3) is 11.1 Å². The number of H-pyrrole nitrogens is 1. The minimum Gasteiger partial charge on any atom is -0.450 e. The highest BCUT2D eigenvalue weighted by Gasteiger charge is 2.51. The Kier molecular flexibility index (Phi) is 5.53. The van der Waals surface area contributed by atoms with Crippen molar-refractivity contribution in [3.8, 4) is 11.1 Å². The molecule has 1 saturated carbocycles. The normalized spacial score (nSPS) is 22.9. The predicted molar refractivity (Wildman–Crippen MR) is 119 cm³/mol. The molecule has 32 heavy (non-hydrogen) atoms. The second-order valence-electron chi connectivity index (χ2n) is 9.41. The van der Waals surface area contributed by atoms with Crippen LogP contribution in [0.5, 0.6) is 0 Å². The van der Waals surface area contributed by atoms with Gasteiger partial charge < -0.3 is 14.5 Å². The molecule has 1 atom stereocenters. The Morgan fingerprint density at radius 3 is 2.72 bits per heavy atom. The Balaban J connectivity index is 1.20. The van der Waals surface area contributed by atoms with Crippen molar-refractivity contribution in [3.05, 3.63) is 30.0 Å². The van der Waals surface area contributed by atoms with Gasteiger partial charge in [0.15, 0.2) is 0 Å². The molecule has 2 aliphatic heterocycles. The van der Waals surface area contributed by atoms with Crippen LogP contribution in [-0.4, -0.2) is 83.0 Å².